The lowest BCUT2D eigenvalue weighted by molar-refractivity contribution is 0.00584. The molecule has 16 nitrogen and oxygen atoms in total. The van der Waals surface area contributed by atoms with Gasteiger partial charge in [0.05, 0.1) is 18.3 Å². The Morgan fingerprint density at radius 3 is 2.47 bits per heavy atom. The van der Waals surface area contributed by atoms with Gasteiger partial charge in [0.15, 0.2) is 0 Å². The summed E-state index contributed by atoms with van der Waals surface area (Å²) < 4.78 is 42.6. The Hall–Kier alpha value is -0.980. The van der Waals surface area contributed by atoms with Crippen molar-refractivity contribution in [2.75, 3.05) is 6.16 Å². The van der Waals surface area contributed by atoms with Crippen molar-refractivity contribution in [1.29, 1.82) is 0 Å². The van der Waals surface area contributed by atoms with Crippen molar-refractivity contribution in [2.24, 2.45) is 5.11 Å². The lowest BCUT2D eigenvalue weighted by Crippen LogP contribution is -2.33. The zero-order chi connectivity index (χ0) is 24.7. The summed E-state index contributed by atoms with van der Waals surface area (Å²) in [5.41, 5.74) is 7.33. The number of hydrogen-bond donors (Lipinski definition) is 5. The number of aromatic nitrogens is 2. The van der Waals surface area contributed by atoms with Crippen molar-refractivity contribution < 1.29 is 42.3 Å². The molecule has 5 atom stereocenters. The molecule has 0 aliphatic carbocycles. The number of azide groups is 1. The predicted octanol–water partition coefficient (Wildman–Crippen LogP) is 1.47. The van der Waals surface area contributed by atoms with Crippen LogP contribution in [0.2, 0.25) is 0 Å². The number of alkyl halides is 2. The Bertz CT molecular complexity index is 1200. The van der Waals surface area contributed by atoms with E-state index in [1.165, 1.54) is 6.92 Å². The summed E-state index contributed by atoms with van der Waals surface area (Å²) in [4.78, 5) is 66.0. The van der Waals surface area contributed by atoms with Gasteiger partial charge in [-0.2, -0.15) is 0 Å². The maximum absolute atomic E-state index is 12.4. The minimum absolute atomic E-state index is 0.132. The smallest absolute Gasteiger partial charge is 0.354 e. The number of nitrogens with zero attached hydrogens (tertiary/aromatic N) is 4. The van der Waals surface area contributed by atoms with E-state index in [9.17, 15) is 33.1 Å². The molecule has 1 fully saturated rings. The molecule has 1 saturated heterocycles. The summed E-state index contributed by atoms with van der Waals surface area (Å²) in [5.74, 6) is 0. The van der Waals surface area contributed by atoms with Crippen molar-refractivity contribution in [3.63, 3.8) is 0 Å². The van der Waals surface area contributed by atoms with Gasteiger partial charge in [0.2, 0.25) is 0 Å². The number of H-pyrrole nitrogens is 1. The highest BCUT2D eigenvalue weighted by Gasteiger charge is 2.62. The molecule has 180 valence electrons. The molecule has 21 heteroatoms. The normalized spacial score (nSPS) is 25.5. The summed E-state index contributed by atoms with van der Waals surface area (Å²) in [6.45, 7) is 1.40. The largest absolute Gasteiger partial charge is 0.383 e. The zero-order valence-electron chi connectivity index (χ0n) is 15.8. The molecule has 1 aliphatic rings. The number of halogens is 2. The highest BCUT2D eigenvalue weighted by molar-refractivity contribution is 7.81. The molecule has 1 aliphatic heterocycles. The molecule has 2 unspecified atom stereocenters. The molecule has 0 aromatic carbocycles. The summed E-state index contributed by atoms with van der Waals surface area (Å²) in [7, 11) is -16.7. The lowest BCUT2D eigenvalue weighted by Gasteiger charge is -2.27. The average molecular weight is 558 g/mol. The molecule has 2 heterocycles. The van der Waals surface area contributed by atoms with Crippen molar-refractivity contribution in [3.05, 3.63) is 43.0 Å². The van der Waals surface area contributed by atoms with Crippen molar-refractivity contribution in [3.8, 4) is 0 Å². The van der Waals surface area contributed by atoms with Crippen LogP contribution in [0.3, 0.4) is 0 Å². The van der Waals surface area contributed by atoms with E-state index in [0.29, 0.717) is 0 Å². The third kappa shape index (κ3) is 5.74. The van der Waals surface area contributed by atoms with Gasteiger partial charge in [0.25, 0.3) is 5.56 Å². The Kier molecular flexibility index (Phi) is 7.96. The second kappa shape index (κ2) is 9.34. The van der Waals surface area contributed by atoms with Gasteiger partial charge in [-0.3, -0.25) is 28.0 Å². The number of ether oxygens (including phenoxy) is 1. The van der Waals surface area contributed by atoms with E-state index in [1.807, 2.05) is 4.98 Å². The summed E-state index contributed by atoms with van der Waals surface area (Å²) in [6, 6.07) is -1.18. The highest BCUT2D eigenvalue weighted by atomic mass is 35.5. The molecule has 0 spiro atoms. The maximum Gasteiger partial charge on any atom is 0.383 e. The Morgan fingerprint density at radius 1 is 1.34 bits per heavy atom. The van der Waals surface area contributed by atoms with Crippen LogP contribution in [-0.4, -0.2) is 51.2 Å². The minimum Gasteiger partial charge on any atom is -0.354 e. The van der Waals surface area contributed by atoms with Crippen LogP contribution in [0.4, 0.5) is 0 Å². The van der Waals surface area contributed by atoms with E-state index in [2.05, 4.69) is 14.3 Å². The monoisotopic (exact) mass is 557 g/mol. The molecule has 1 aromatic rings. The van der Waals surface area contributed by atoms with Crippen LogP contribution >= 0.6 is 46.0 Å². The first-order valence-corrected chi connectivity index (χ1v) is 13.9. The molecule has 1 aromatic heterocycles. The first kappa shape index (κ1) is 27.3. The first-order chi connectivity index (χ1) is 14.4. The SMILES string of the molecule is Cc1cn([C@H]2C[C@H](N=[N+]=[N-])[C@@H](CP(=O)(O)OP(=O)(O)C(Cl)(Cl)P(=O)(O)O)O2)c(=O)[nH]c1=O. The van der Waals surface area contributed by atoms with Gasteiger partial charge in [0.1, 0.15) is 6.23 Å². The molecule has 0 bridgehead atoms. The second-order valence-electron chi connectivity index (χ2n) is 6.59. The van der Waals surface area contributed by atoms with Crippen LogP contribution in [0.1, 0.15) is 18.2 Å². The fourth-order valence-electron chi connectivity index (χ4n) is 2.69. The van der Waals surface area contributed by atoms with Gasteiger partial charge in [0, 0.05) is 23.1 Å². The maximum atomic E-state index is 12.4. The minimum atomic E-state index is -5.82. The van der Waals surface area contributed by atoms with E-state index in [1.54, 1.807) is 0 Å². The topological polar surface area (TPSA) is 254 Å². The molecular formula is C11H16Cl2N5O11P3. The molecule has 0 amide bonds. The van der Waals surface area contributed by atoms with Gasteiger partial charge in [-0.05, 0) is 12.5 Å². The van der Waals surface area contributed by atoms with Gasteiger partial charge in [-0.25, -0.2) is 9.11 Å². The highest BCUT2D eigenvalue weighted by Crippen LogP contribution is 2.79. The van der Waals surface area contributed by atoms with E-state index in [-0.39, 0.29) is 12.0 Å². The molecule has 32 heavy (non-hydrogen) atoms. The zero-order valence-corrected chi connectivity index (χ0v) is 20.0. The number of aryl methyl sites for hydroxylation is 1. The number of rotatable bonds is 8. The van der Waals surface area contributed by atoms with Crippen LogP contribution in [-0.2, 0) is 22.7 Å². The van der Waals surface area contributed by atoms with Gasteiger partial charge in [-0.1, -0.05) is 28.3 Å². The van der Waals surface area contributed by atoms with Gasteiger partial charge >= 0.3 is 32.3 Å². The second-order valence-corrected chi connectivity index (χ2v) is 15.1. The summed E-state index contributed by atoms with van der Waals surface area (Å²) in [5, 5.41) is 3.39. The van der Waals surface area contributed by atoms with Crippen LogP contribution in [0, 0.1) is 6.92 Å². The average Bonchev–Trinajstić information content (AvgIpc) is 2.97. The molecule has 0 saturated carbocycles. The molecular weight excluding hydrogens is 542 g/mol. The number of hydrogen-bond acceptors (Lipinski definition) is 8. The molecule has 0 radical (unpaired) electrons. The Morgan fingerprint density at radius 2 is 1.94 bits per heavy atom. The Labute approximate surface area is 187 Å². The first-order valence-electron chi connectivity index (χ1n) is 8.23. The van der Waals surface area contributed by atoms with E-state index in [0.717, 1.165) is 10.8 Å². The van der Waals surface area contributed by atoms with Crippen molar-refractivity contribution in [2.45, 2.75) is 35.5 Å². The number of aromatic amines is 1. The van der Waals surface area contributed by atoms with Crippen LogP contribution < -0.4 is 11.2 Å². The quantitative estimate of drug-likeness (QED) is 0.100. The van der Waals surface area contributed by atoms with Crippen LogP contribution in [0.25, 0.3) is 10.4 Å². The van der Waals surface area contributed by atoms with E-state index in [4.69, 9.17) is 43.3 Å². The molecule has 2 rings (SSSR count). The number of nitrogens with one attached hydrogen (secondary N) is 1. The standard InChI is InChI=1S/C11H16Cl2N5O11P3/c1-5-3-18(10(20)15-9(5)19)8-2-6(16-17-14)7(28-8)4-30(21,22)29-32(26,27)11(12,13)31(23,24)25/h3,6-8H,2,4H2,1H3,(H,21,22)(H,26,27)(H,15,19,20)(H2,23,24,25)/t6-,7+,8+/m0/s1. The van der Waals surface area contributed by atoms with Crippen LogP contribution in [0.15, 0.2) is 20.9 Å². The molecule has 5 N–H and O–H groups in total. The third-order valence-corrected chi connectivity index (χ3v) is 12.5. The fourth-order valence-corrected chi connectivity index (χ4v) is 7.71. The van der Waals surface area contributed by atoms with E-state index >= 15 is 0 Å². The summed E-state index contributed by atoms with van der Waals surface area (Å²) in [6.07, 6.45) is -2.79. The van der Waals surface area contributed by atoms with Crippen LogP contribution in [0.5, 0.6) is 0 Å². The third-order valence-electron chi connectivity index (χ3n) is 4.20. The fraction of sp³-hybridized carbons (Fsp3) is 0.636. The van der Waals surface area contributed by atoms with Crippen molar-refractivity contribution in [1.82, 2.24) is 9.55 Å². The van der Waals surface area contributed by atoms with Gasteiger partial charge < -0.3 is 24.3 Å². The summed E-state index contributed by atoms with van der Waals surface area (Å²) >= 11 is 10.4. The van der Waals surface area contributed by atoms with Crippen molar-refractivity contribution >= 4 is 46.0 Å². The van der Waals surface area contributed by atoms with E-state index < -0.39 is 62.4 Å². The van der Waals surface area contributed by atoms with Gasteiger partial charge in [-0.15, -0.1) is 0 Å². The Balaban J connectivity index is 2.31. The predicted molar refractivity (Wildman–Crippen MR) is 110 cm³/mol. The lowest BCUT2D eigenvalue weighted by atomic mass is 10.1.